The lowest BCUT2D eigenvalue weighted by atomic mass is 10.1. The summed E-state index contributed by atoms with van der Waals surface area (Å²) in [5.74, 6) is 3.09. The summed E-state index contributed by atoms with van der Waals surface area (Å²) in [6.45, 7) is 6.97. The van der Waals surface area contributed by atoms with Crippen LogP contribution < -0.4 is 10.5 Å². The van der Waals surface area contributed by atoms with E-state index >= 15 is 0 Å². The van der Waals surface area contributed by atoms with Crippen molar-refractivity contribution in [2.75, 3.05) is 18.1 Å². The van der Waals surface area contributed by atoms with E-state index in [2.05, 4.69) is 26.0 Å². The quantitative estimate of drug-likeness (QED) is 0.775. The Balaban J connectivity index is 2.64. The van der Waals surface area contributed by atoms with E-state index in [1.165, 1.54) is 5.56 Å². The lowest BCUT2D eigenvalue weighted by molar-refractivity contribution is 0.338. The average Bonchev–Trinajstić information content (AvgIpc) is 2.26. The van der Waals surface area contributed by atoms with E-state index < -0.39 is 0 Å². The third-order valence-electron chi connectivity index (χ3n) is 2.35. The van der Waals surface area contributed by atoms with Gasteiger partial charge in [-0.2, -0.15) is 11.8 Å². The number of nitrogens with two attached hydrogens (primary N) is 1. The second-order valence-electron chi connectivity index (χ2n) is 3.88. The maximum atomic E-state index is 5.93. The number of aryl methyl sites for hydroxylation is 1. The first-order valence-electron chi connectivity index (χ1n) is 5.71. The second kappa shape index (κ2) is 6.81. The molecule has 0 saturated heterocycles. The van der Waals surface area contributed by atoms with E-state index in [0.717, 1.165) is 29.4 Å². The van der Waals surface area contributed by atoms with Crippen LogP contribution in [0.1, 0.15) is 31.0 Å². The molecule has 0 unspecified atom stereocenters. The molecule has 0 saturated carbocycles. The maximum absolute atomic E-state index is 5.93. The lowest BCUT2D eigenvalue weighted by Gasteiger charge is -2.14. The van der Waals surface area contributed by atoms with Gasteiger partial charge < -0.3 is 10.5 Å². The SMILES string of the molecule is CCSCCOc1ccc(C)cc1[C@@H](C)N. The minimum atomic E-state index is 0.0220. The number of hydrogen-bond donors (Lipinski definition) is 1. The van der Waals surface area contributed by atoms with E-state index in [9.17, 15) is 0 Å². The first-order chi connectivity index (χ1) is 7.65. The monoisotopic (exact) mass is 239 g/mol. The topological polar surface area (TPSA) is 35.2 Å². The van der Waals surface area contributed by atoms with Crippen molar-refractivity contribution < 1.29 is 4.74 Å². The highest BCUT2D eigenvalue weighted by Crippen LogP contribution is 2.25. The van der Waals surface area contributed by atoms with E-state index in [-0.39, 0.29) is 6.04 Å². The van der Waals surface area contributed by atoms with Crippen LogP contribution in [0.2, 0.25) is 0 Å². The minimum Gasteiger partial charge on any atom is -0.492 e. The Bertz CT molecular complexity index is 326. The van der Waals surface area contributed by atoms with Crippen LogP contribution in [-0.2, 0) is 0 Å². The van der Waals surface area contributed by atoms with Crippen LogP contribution in [0.3, 0.4) is 0 Å². The van der Waals surface area contributed by atoms with Gasteiger partial charge in [0.1, 0.15) is 5.75 Å². The number of ether oxygens (including phenoxy) is 1. The van der Waals surface area contributed by atoms with Gasteiger partial charge in [0.05, 0.1) is 6.61 Å². The van der Waals surface area contributed by atoms with Gasteiger partial charge in [0, 0.05) is 17.4 Å². The van der Waals surface area contributed by atoms with Crippen molar-refractivity contribution in [1.29, 1.82) is 0 Å². The standard InChI is InChI=1S/C13H21NOS/c1-4-16-8-7-15-13-6-5-10(2)9-12(13)11(3)14/h5-6,9,11H,4,7-8,14H2,1-3H3/t11-/m1/s1. The van der Waals surface area contributed by atoms with Crippen LogP contribution in [0.15, 0.2) is 18.2 Å². The number of benzene rings is 1. The van der Waals surface area contributed by atoms with Gasteiger partial charge in [-0.3, -0.25) is 0 Å². The fourth-order valence-electron chi connectivity index (χ4n) is 1.51. The van der Waals surface area contributed by atoms with Crippen molar-refractivity contribution in [3.05, 3.63) is 29.3 Å². The average molecular weight is 239 g/mol. The van der Waals surface area contributed by atoms with Gasteiger partial charge in [0.15, 0.2) is 0 Å². The Morgan fingerprint density at radius 3 is 2.81 bits per heavy atom. The molecule has 16 heavy (non-hydrogen) atoms. The van der Waals surface area contributed by atoms with Crippen molar-refractivity contribution in [3.63, 3.8) is 0 Å². The molecular formula is C13H21NOS. The summed E-state index contributed by atoms with van der Waals surface area (Å²) in [5.41, 5.74) is 8.25. The van der Waals surface area contributed by atoms with Crippen LogP contribution in [-0.4, -0.2) is 18.1 Å². The molecule has 0 aliphatic heterocycles. The molecule has 0 aromatic heterocycles. The highest BCUT2D eigenvalue weighted by Gasteiger charge is 2.07. The first kappa shape index (κ1) is 13.4. The van der Waals surface area contributed by atoms with Crippen LogP contribution in [0.5, 0.6) is 5.75 Å². The zero-order valence-corrected chi connectivity index (χ0v) is 11.1. The third-order valence-corrected chi connectivity index (χ3v) is 3.21. The highest BCUT2D eigenvalue weighted by atomic mass is 32.2. The summed E-state index contributed by atoms with van der Waals surface area (Å²) in [6.07, 6.45) is 0. The zero-order valence-electron chi connectivity index (χ0n) is 10.3. The molecule has 1 aromatic rings. The summed E-state index contributed by atoms with van der Waals surface area (Å²) in [5, 5.41) is 0. The van der Waals surface area contributed by atoms with Crippen molar-refractivity contribution in [2.45, 2.75) is 26.8 Å². The van der Waals surface area contributed by atoms with Crippen LogP contribution in [0.4, 0.5) is 0 Å². The van der Waals surface area contributed by atoms with Crippen molar-refractivity contribution in [1.82, 2.24) is 0 Å². The molecule has 0 heterocycles. The Morgan fingerprint density at radius 2 is 2.19 bits per heavy atom. The highest BCUT2D eigenvalue weighted by molar-refractivity contribution is 7.99. The smallest absolute Gasteiger partial charge is 0.124 e. The van der Waals surface area contributed by atoms with Gasteiger partial charge in [0.25, 0.3) is 0 Å². The van der Waals surface area contributed by atoms with E-state index in [1.807, 2.05) is 24.8 Å². The maximum Gasteiger partial charge on any atom is 0.124 e. The first-order valence-corrected chi connectivity index (χ1v) is 6.87. The predicted octanol–water partition coefficient (Wildman–Crippen LogP) is 3.15. The third kappa shape index (κ3) is 4.06. The van der Waals surface area contributed by atoms with Crippen LogP contribution in [0.25, 0.3) is 0 Å². The molecule has 0 bridgehead atoms. The van der Waals surface area contributed by atoms with Gasteiger partial charge in [-0.1, -0.05) is 24.6 Å². The molecule has 0 fully saturated rings. The molecule has 0 spiro atoms. The van der Waals surface area contributed by atoms with Crippen molar-refractivity contribution in [3.8, 4) is 5.75 Å². The number of hydrogen-bond acceptors (Lipinski definition) is 3. The molecular weight excluding hydrogens is 218 g/mol. The molecule has 0 amide bonds. The van der Waals surface area contributed by atoms with Crippen LogP contribution in [0, 0.1) is 6.92 Å². The Kier molecular flexibility index (Phi) is 5.71. The fourth-order valence-corrected chi connectivity index (χ4v) is 2.00. The molecule has 1 atom stereocenters. The van der Waals surface area contributed by atoms with E-state index in [0.29, 0.717) is 0 Å². The van der Waals surface area contributed by atoms with Gasteiger partial charge in [0.2, 0.25) is 0 Å². The summed E-state index contributed by atoms with van der Waals surface area (Å²) in [7, 11) is 0. The molecule has 0 aliphatic rings. The van der Waals surface area contributed by atoms with Crippen molar-refractivity contribution >= 4 is 11.8 Å². The summed E-state index contributed by atoms with van der Waals surface area (Å²) < 4.78 is 5.75. The molecule has 3 heteroatoms. The largest absolute Gasteiger partial charge is 0.492 e. The Hall–Kier alpha value is -0.670. The molecule has 0 radical (unpaired) electrons. The molecule has 2 nitrogen and oxygen atoms in total. The molecule has 1 rings (SSSR count). The Labute approximate surface area is 103 Å². The summed E-state index contributed by atoms with van der Waals surface area (Å²) in [4.78, 5) is 0. The van der Waals surface area contributed by atoms with Gasteiger partial charge in [-0.05, 0) is 25.7 Å². The van der Waals surface area contributed by atoms with Gasteiger partial charge >= 0.3 is 0 Å². The van der Waals surface area contributed by atoms with Crippen LogP contribution >= 0.6 is 11.8 Å². The summed E-state index contributed by atoms with van der Waals surface area (Å²) in [6, 6.07) is 6.21. The molecule has 2 N–H and O–H groups in total. The number of rotatable bonds is 6. The molecule has 0 aliphatic carbocycles. The van der Waals surface area contributed by atoms with Gasteiger partial charge in [-0.15, -0.1) is 0 Å². The minimum absolute atomic E-state index is 0.0220. The van der Waals surface area contributed by atoms with E-state index in [4.69, 9.17) is 10.5 Å². The Morgan fingerprint density at radius 1 is 1.44 bits per heavy atom. The predicted molar refractivity (Wildman–Crippen MR) is 72.3 cm³/mol. The van der Waals surface area contributed by atoms with E-state index in [1.54, 1.807) is 0 Å². The fraction of sp³-hybridized carbons (Fsp3) is 0.538. The molecule has 1 aromatic carbocycles. The second-order valence-corrected chi connectivity index (χ2v) is 5.27. The number of thioether (sulfide) groups is 1. The molecule has 90 valence electrons. The summed E-state index contributed by atoms with van der Waals surface area (Å²) >= 11 is 1.89. The zero-order chi connectivity index (χ0) is 12.0. The van der Waals surface area contributed by atoms with Gasteiger partial charge in [-0.25, -0.2) is 0 Å². The lowest BCUT2D eigenvalue weighted by Crippen LogP contribution is -2.09. The normalized spacial score (nSPS) is 12.5. The van der Waals surface area contributed by atoms with Crippen molar-refractivity contribution in [2.24, 2.45) is 5.73 Å².